The zero-order valence-corrected chi connectivity index (χ0v) is 14.3. The van der Waals surface area contributed by atoms with Gasteiger partial charge in [-0.2, -0.15) is 0 Å². The van der Waals surface area contributed by atoms with Crippen molar-refractivity contribution >= 4 is 17.6 Å². The van der Waals surface area contributed by atoms with Crippen LogP contribution in [0.3, 0.4) is 0 Å². The van der Waals surface area contributed by atoms with Crippen molar-refractivity contribution in [3.8, 4) is 5.75 Å². The van der Waals surface area contributed by atoms with Crippen LogP contribution < -0.4 is 10.1 Å². The van der Waals surface area contributed by atoms with Crippen molar-refractivity contribution in [1.82, 2.24) is 25.0 Å². The van der Waals surface area contributed by atoms with Gasteiger partial charge in [0, 0.05) is 26.2 Å². The summed E-state index contributed by atoms with van der Waals surface area (Å²) in [6.45, 7) is 1.80. The first kappa shape index (κ1) is 17.1. The van der Waals surface area contributed by atoms with Crippen LogP contribution in [0, 0.1) is 0 Å². The Morgan fingerprint density at radius 2 is 2.13 bits per heavy atom. The third-order valence-corrected chi connectivity index (χ3v) is 3.54. The highest BCUT2D eigenvalue weighted by molar-refractivity contribution is 6.30. The Morgan fingerprint density at radius 1 is 1.39 bits per heavy atom. The van der Waals surface area contributed by atoms with Crippen molar-refractivity contribution in [2.24, 2.45) is 12.0 Å². The largest absolute Gasteiger partial charge is 0.492 e. The highest BCUT2D eigenvalue weighted by Crippen LogP contribution is 2.15. The Morgan fingerprint density at radius 3 is 2.74 bits per heavy atom. The van der Waals surface area contributed by atoms with Crippen LogP contribution in [0.5, 0.6) is 5.75 Å². The summed E-state index contributed by atoms with van der Waals surface area (Å²) >= 11 is 5.85. The lowest BCUT2D eigenvalue weighted by molar-refractivity contribution is 0.281. The van der Waals surface area contributed by atoms with Crippen molar-refractivity contribution < 1.29 is 4.74 Å². The fourth-order valence-electron chi connectivity index (χ4n) is 1.95. The fourth-order valence-corrected chi connectivity index (χ4v) is 2.07. The van der Waals surface area contributed by atoms with Crippen molar-refractivity contribution in [2.75, 3.05) is 27.2 Å². The van der Waals surface area contributed by atoms with Crippen LogP contribution in [-0.4, -0.2) is 52.9 Å². The average molecular weight is 337 g/mol. The molecule has 0 unspecified atom stereocenters. The van der Waals surface area contributed by atoms with Gasteiger partial charge in [-0.25, -0.2) is 0 Å². The Hall–Kier alpha value is -2.28. The number of aryl methyl sites for hydroxylation is 1. The fraction of sp³-hybridized carbons (Fsp3) is 0.400. The number of hydrogen-bond acceptors (Lipinski definition) is 4. The molecule has 1 aromatic heterocycles. The molecule has 1 heterocycles. The van der Waals surface area contributed by atoms with E-state index in [1.54, 1.807) is 13.4 Å². The van der Waals surface area contributed by atoms with Gasteiger partial charge in [-0.05, 0) is 24.3 Å². The Labute approximate surface area is 140 Å². The van der Waals surface area contributed by atoms with Crippen LogP contribution in [0.15, 0.2) is 35.6 Å². The van der Waals surface area contributed by atoms with E-state index in [1.807, 2.05) is 47.8 Å². The summed E-state index contributed by atoms with van der Waals surface area (Å²) in [5, 5.41) is 11.8. The Balaban J connectivity index is 1.77. The van der Waals surface area contributed by atoms with E-state index in [9.17, 15) is 0 Å². The molecule has 124 valence electrons. The third-order valence-electron chi connectivity index (χ3n) is 3.29. The molecule has 1 aromatic carbocycles. The summed E-state index contributed by atoms with van der Waals surface area (Å²) in [6, 6.07) is 7.32. The lowest BCUT2D eigenvalue weighted by Crippen LogP contribution is -2.40. The number of guanidine groups is 1. The van der Waals surface area contributed by atoms with E-state index in [0.29, 0.717) is 24.7 Å². The highest BCUT2D eigenvalue weighted by atomic mass is 35.5. The number of benzene rings is 1. The van der Waals surface area contributed by atoms with Crippen LogP contribution in [0.1, 0.15) is 5.82 Å². The Kier molecular flexibility index (Phi) is 6.22. The smallest absolute Gasteiger partial charge is 0.193 e. The molecule has 1 N–H and O–H groups in total. The maximum Gasteiger partial charge on any atom is 0.193 e. The lowest BCUT2D eigenvalue weighted by Gasteiger charge is -2.22. The lowest BCUT2D eigenvalue weighted by atomic mass is 10.3. The summed E-state index contributed by atoms with van der Waals surface area (Å²) in [4.78, 5) is 6.25. The van der Waals surface area contributed by atoms with Gasteiger partial charge in [-0.15, -0.1) is 10.2 Å². The molecule has 2 aromatic rings. The molecule has 0 saturated carbocycles. The standard InChI is InChI=1S/C15H21ClN6O/c1-17-15(18-10-14-20-19-11-22(14)3)21(2)8-9-23-13-6-4-12(16)5-7-13/h4-7,11H,8-10H2,1-3H3,(H,17,18). The van der Waals surface area contributed by atoms with E-state index < -0.39 is 0 Å². The van der Waals surface area contributed by atoms with E-state index in [4.69, 9.17) is 16.3 Å². The van der Waals surface area contributed by atoms with Gasteiger partial charge in [0.15, 0.2) is 11.8 Å². The molecule has 0 aliphatic heterocycles. The first-order valence-electron chi connectivity index (χ1n) is 7.23. The maximum absolute atomic E-state index is 5.85. The molecule has 0 fully saturated rings. The van der Waals surface area contributed by atoms with Crippen molar-refractivity contribution in [1.29, 1.82) is 0 Å². The molecule has 0 bridgehead atoms. The first-order chi connectivity index (χ1) is 11.1. The van der Waals surface area contributed by atoms with E-state index in [2.05, 4.69) is 20.5 Å². The van der Waals surface area contributed by atoms with Crippen LogP contribution >= 0.6 is 11.6 Å². The topological polar surface area (TPSA) is 67.6 Å². The molecule has 0 amide bonds. The van der Waals surface area contributed by atoms with Crippen molar-refractivity contribution in [3.63, 3.8) is 0 Å². The molecule has 0 saturated heterocycles. The van der Waals surface area contributed by atoms with E-state index in [0.717, 1.165) is 17.5 Å². The van der Waals surface area contributed by atoms with Gasteiger partial charge >= 0.3 is 0 Å². The summed E-state index contributed by atoms with van der Waals surface area (Å²) in [7, 11) is 5.61. The molecule has 7 nitrogen and oxygen atoms in total. The number of ether oxygens (including phenoxy) is 1. The van der Waals surface area contributed by atoms with Crippen LogP contribution in [0.25, 0.3) is 0 Å². The molecule has 0 radical (unpaired) electrons. The van der Waals surface area contributed by atoms with E-state index >= 15 is 0 Å². The second-order valence-electron chi connectivity index (χ2n) is 4.98. The molecular weight excluding hydrogens is 316 g/mol. The molecular formula is C15H21ClN6O. The van der Waals surface area contributed by atoms with Gasteiger partial charge in [0.2, 0.25) is 0 Å². The average Bonchev–Trinajstić information content (AvgIpc) is 2.95. The highest BCUT2D eigenvalue weighted by Gasteiger charge is 2.08. The number of nitrogens with zero attached hydrogens (tertiary/aromatic N) is 5. The van der Waals surface area contributed by atoms with Crippen LogP contribution in [0.2, 0.25) is 5.02 Å². The van der Waals surface area contributed by atoms with Crippen LogP contribution in [-0.2, 0) is 13.6 Å². The number of aromatic nitrogens is 3. The zero-order valence-electron chi connectivity index (χ0n) is 13.5. The van der Waals surface area contributed by atoms with E-state index in [-0.39, 0.29) is 0 Å². The van der Waals surface area contributed by atoms with E-state index in [1.165, 1.54) is 0 Å². The molecule has 2 rings (SSSR count). The number of likely N-dealkylation sites (N-methyl/N-ethyl adjacent to an activating group) is 1. The molecule has 0 spiro atoms. The van der Waals surface area contributed by atoms with Gasteiger partial charge in [-0.1, -0.05) is 11.6 Å². The van der Waals surface area contributed by atoms with Crippen LogP contribution in [0.4, 0.5) is 0 Å². The number of nitrogens with one attached hydrogen (secondary N) is 1. The monoisotopic (exact) mass is 336 g/mol. The number of rotatable bonds is 6. The maximum atomic E-state index is 5.85. The first-order valence-corrected chi connectivity index (χ1v) is 7.61. The second kappa shape index (κ2) is 8.38. The normalized spacial score (nSPS) is 11.4. The van der Waals surface area contributed by atoms with Crippen molar-refractivity contribution in [3.05, 3.63) is 41.4 Å². The number of hydrogen-bond donors (Lipinski definition) is 1. The van der Waals surface area contributed by atoms with Gasteiger partial charge in [0.05, 0.1) is 13.1 Å². The number of halogens is 1. The summed E-state index contributed by atoms with van der Waals surface area (Å²) in [5.41, 5.74) is 0. The summed E-state index contributed by atoms with van der Waals surface area (Å²) in [6.07, 6.45) is 1.67. The number of aliphatic imine (C=N–C) groups is 1. The second-order valence-corrected chi connectivity index (χ2v) is 5.42. The summed E-state index contributed by atoms with van der Waals surface area (Å²) < 4.78 is 7.55. The van der Waals surface area contributed by atoms with Crippen molar-refractivity contribution in [2.45, 2.75) is 6.54 Å². The predicted molar refractivity (Wildman–Crippen MR) is 90.8 cm³/mol. The minimum absolute atomic E-state index is 0.544. The van der Waals surface area contributed by atoms with Gasteiger partial charge in [-0.3, -0.25) is 4.99 Å². The van der Waals surface area contributed by atoms with Gasteiger partial charge in [0.25, 0.3) is 0 Å². The molecule has 8 heteroatoms. The minimum atomic E-state index is 0.544. The molecule has 23 heavy (non-hydrogen) atoms. The molecule has 0 aliphatic carbocycles. The summed E-state index contributed by atoms with van der Waals surface area (Å²) in [5.74, 6) is 2.41. The zero-order chi connectivity index (χ0) is 16.7. The van der Waals surface area contributed by atoms with Gasteiger partial charge in [0.1, 0.15) is 18.7 Å². The SMILES string of the molecule is CN=C(NCc1nncn1C)N(C)CCOc1ccc(Cl)cc1. The molecule has 0 aliphatic rings. The molecule has 0 atom stereocenters. The quantitative estimate of drug-likeness (QED) is 0.640. The third kappa shape index (κ3) is 5.14. The Bertz CT molecular complexity index is 640. The minimum Gasteiger partial charge on any atom is -0.492 e. The van der Waals surface area contributed by atoms with Gasteiger partial charge < -0.3 is 19.5 Å². The predicted octanol–water partition coefficient (Wildman–Crippen LogP) is 1.55.